The Bertz CT molecular complexity index is 921. The summed E-state index contributed by atoms with van der Waals surface area (Å²) in [6.07, 6.45) is 5.56. The zero-order valence-corrected chi connectivity index (χ0v) is 16.6. The lowest BCUT2D eigenvalue weighted by Gasteiger charge is -2.22. The predicted molar refractivity (Wildman–Crippen MR) is 98.3 cm³/mol. The molecular weight excluding hydrogens is 416 g/mol. The first-order chi connectivity index (χ1) is 13.0. The highest BCUT2D eigenvalue weighted by Gasteiger charge is 2.56. The Balaban J connectivity index is 2.11. The van der Waals surface area contributed by atoms with Gasteiger partial charge in [-0.2, -0.15) is 8.78 Å². The molecule has 0 atom stereocenters. The number of halogens is 2. The van der Waals surface area contributed by atoms with Crippen LogP contribution >= 0.6 is 0 Å². The third-order valence-electron chi connectivity index (χ3n) is 4.40. The number of sulfonamides is 2. The third-order valence-corrected chi connectivity index (χ3v) is 7.89. The van der Waals surface area contributed by atoms with Crippen LogP contribution < -0.4 is 4.13 Å². The van der Waals surface area contributed by atoms with Gasteiger partial charge in [0.1, 0.15) is 0 Å². The molecule has 1 aliphatic carbocycles. The van der Waals surface area contributed by atoms with Crippen molar-refractivity contribution in [2.45, 2.75) is 42.3 Å². The van der Waals surface area contributed by atoms with Crippen LogP contribution in [0.3, 0.4) is 0 Å². The van der Waals surface area contributed by atoms with Crippen LogP contribution in [0.5, 0.6) is 0 Å². The van der Waals surface area contributed by atoms with Crippen molar-refractivity contribution in [3.8, 4) is 0 Å². The molecule has 1 saturated carbocycles. The Hall–Kier alpha value is -1.85. The number of hydrogen-bond donors (Lipinski definition) is 1. The summed E-state index contributed by atoms with van der Waals surface area (Å²) in [5.41, 5.74) is 0.540. The van der Waals surface area contributed by atoms with Crippen LogP contribution in [0, 0.1) is 5.92 Å². The predicted octanol–water partition coefficient (Wildman–Crippen LogP) is 2.65. The van der Waals surface area contributed by atoms with Gasteiger partial charge in [-0.1, -0.05) is 48.2 Å². The first-order valence-electron chi connectivity index (χ1n) is 8.55. The molecule has 0 bridgehead atoms. The van der Waals surface area contributed by atoms with Crippen molar-refractivity contribution in [3.05, 3.63) is 36.4 Å². The average Bonchev–Trinajstić information content (AvgIpc) is 2.66. The Morgan fingerprint density at radius 3 is 2.25 bits per heavy atom. The molecule has 0 aromatic heterocycles. The number of carbonyl (C=O) groups is 1. The van der Waals surface area contributed by atoms with Crippen molar-refractivity contribution >= 4 is 32.1 Å². The van der Waals surface area contributed by atoms with E-state index >= 15 is 0 Å². The average molecular weight is 437 g/mol. The van der Waals surface area contributed by atoms with E-state index in [0.717, 1.165) is 35.5 Å². The summed E-state index contributed by atoms with van der Waals surface area (Å²) in [5.74, 6) is -2.42. The van der Waals surface area contributed by atoms with Crippen molar-refractivity contribution in [1.82, 2.24) is 4.13 Å². The maximum absolute atomic E-state index is 14.1. The van der Waals surface area contributed by atoms with Crippen molar-refractivity contribution in [2.24, 2.45) is 5.92 Å². The van der Waals surface area contributed by atoms with Gasteiger partial charge < -0.3 is 4.74 Å². The van der Waals surface area contributed by atoms with Gasteiger partial charge in [0.05, 0.1) is 11.5 Å². The van der Waals surface area contributed by atoms with Crippen LogP contribution in [0.1, 0.15) is 37.7 Å². The monoisotopic (exact) mass is 437 g/mol. The molecule has 1 aliphatic rings. The number of alkyl halides is 2. The van der Waals surface area contributed by atoms with Crippen molar-refractivity contribution < 1.29 is 35.1 Å². The lowest BCUT2D eigenvalue weighted by Crippen LogP contribution is -2.48. The van der Waals surface area contributed by atoms with E-state index in [1.54, 1.807) is 0 Å². The first-order valence-corrected chi connectivity index (χ1v) is 11.5. The molecule has 1 fully saturated rings. The van der Waals surface area contributed by atoms with Crippen molar-refractivity contribution in [1.29, 1.82) is 0 Å². The van der Waals surface area contributed by atoms with Gasteiger partial charge in [0.25, 0.3) is 10.0 Å². The van der Waals surface area contributed by atoms with Gasteiger partial charge in [-0.25, -0.2) is 21.6 Å². The van der Waals surface area contributed by atoms with Gasteiger partial charge in [-0.05, 0) is 36.5 Å². The van der Waals surface area contributed by atoms with E-state index in [1.165, 1.54) is 18.2 Å². The second-order valence-electron chi connectivity index (χ2n) is 6.48. The fourth-order valence-electron chi connectivity index (χ4n) is 2.77. The van der Waals surface area contributed by atoms with Crippen LogP contribution in [-0.2, 0) is 29.6 Å². The lowest BCUT2D eigenvalue weighted by molar-refractivity contribution is -0.162. The maximum Gasteiger partial charge on any atom is 0.455 e. The van der Waals surface area contributed by atoms with E-state index in [0.29, 0.717) is 18.4 Å². The Morgan fingerprint density at radius 1 is 1.14 bits per heavy atom. The van der Waals surface area contributed by atoms with E-state index < -0.39 is 36.2 Å². The molecule has 156 valence electrons. The summed E-state index contributed by atoms with van der Waals surface area (Å²) in [6, 6.07) is 4.67. The molecule has 0 amide bonds. The van der Waals surface area contributed by atoms with Crippen molar-refractivity contribution in [3.63, 3.8) is 0 Å². The summed E-state index contributed by atoms with van der Waals surface area (Å²) in [4.78, 5) is 11.1. The number of esters is 1. The van der Waals surface area contributed by atoms with E-state index in [-0.39, 0.29) is 12.5 Å². The minimum Gasteiger partial charge on any atom is -0.460 e. The Morgan fingerprint density at radius 2 is 1.71 bits per heavy atom. The van der Waals surface area contributed by atoms with Crippen LogP contribution in [0.4, 0.5) is 8.78 Å². The third kappa shape index (κ3) is 5.15. The second kappa shape index (κ2) is 8.66. The number of benzene rings is 1. The minimum absolute atomic E-state index is 0.115. The summed E-state index contributed by atoms with van der Waals surface area (Å²) in [7, 11) is -10.8. The zero-order chi connectivity index (χ0) is 21.0. The largest absolute Gasteiger partial charge is 0.460 e. The number of nitrogens with one attached hydrogen (secondary N) is 1. The molecule has 0 unspecified atom stereocenters. The van der Waals surface area contributed by atoms with Gasteiger partial charge in [0.2, 0.25) is 0 Å². The fourth-order valence-corrected chi connectivity index (χ4v) is 5.50. The first kappa shape index (κ1) is 22.4. The van der Waals surface area contributed by atoms with Crippen LogP contribution in [0.2, 0.25) is 0 Å². The molecule has 0 saturated heterocycles. The Labute approximate surface area is 162 Å². The van der Waals surface area contributed by atoms with Gasteiger partial charge in [-0.3, -0.25) is 0 Å². The van der Waals surface area contributed by atoms with Gasteiger partial charge in [0, 0.05) is 0 Å². The summed E-state index contributed by atoms with van der Waals surface area (Å²) < 4.78 is 81.6. The molecule has 0 spiro atoms. The van der Waals surface area contributed by atoms with Crippen LogP contribution in [0.15, 0.2) is 35.7 Å². The zero-order valence-electron chi connectivity index (χ0n) is 14.9. The van der Waals surface area contributed by atoms with Gasteiger partial charge in [-0.15, -0.1) is 0 Å². The van der Waals surface area contributed by atoms with E-state index in [1.807, 2.05) is 0 Å². The molecule has 28 heavy (non-hydrogen) atoms. The summed E-state index contributed by atoms with van der Waals surface area (Å²) in [6.45, 7) is 3.14. The van der Waals surface area contributed by atoms with Crippen LogP contribution in [-0.4, -0.2) is 34.7 Å². The maximum atomic E-state index is 14.1. The molecule has 0 heterocycles. The number of hydrogen-bond acceptors (Lipinski definition) is 6. The van der Waals surface area contributed by atoms with Crippen LogP contribution in [0.25, 0.3) is 6.08 Å². The molecule has 1 N–H and O–H groups in total. The highest BCUT2D eigenvalue weighted by molar-refractivity contribution is 8.05. The molecule has 11 heteroatoms. The minimum atomic E-state index is -5.90. The highest BCUT2D eigenvalue weighted by Crippen LogP contribution is 2.27. The van der Waals surface area contributed by atoms with E-state index in [2.05, 4.69) is 11.3 Å². The van der Waals surface area contributed by atoms with Gasteiger partial charge >= 0.3 is 21.2 Å². The molecule has 1 aromatic rings. The van der Waals surface area contributed by atoms with Gasteiger partial charge in [0.15, 0.2) is 0 Å². The quantitative estimate of drug-likeness (QED) is 0.627. The standard InChI is InChI=1S/C17H21F2NO6S2/c1-2-13-8-10-15(11-9-13)27(22,23)20-28(24,25)17(18,19)16(21)26-12-14-6-4-3-5-7-14/h2,8-11,14,20H,1,3-7,12H2. The highest BCUT2D eigenvalue weighted by atomic mass is 32.3. The summed E-state index contributed by atoms with van der Waals surface area (Å²) >= 11 is 0. The second-order valence-corrected chi connectivity index (χ2v) is 10.1. The smallest absolute Gasteiger partial charge is 0.455 e. The topological polar surface area (TPSA) is 107 Å². The Kier molecular flexibility index (Phi) is 6.94. The molecular formula is C17H21F2NO6S2. The molecule has 7 nitrogen and oxygen atoms in total. The summed E-state index contributed by atoms with van der Waals surface area (Å²) in [5, 5.41) is -5.06. The van der Waals surface area contributed by atoms with E-state index in [4.69, 9.17) is 0 Å². The number of carbonyl (C=O) groups excluding carboxylic acids is 1. The molecule has 0 aliphatic heterocycles. The normalized spacial score (nSPS) is 16.5. The van der Waals surface area contributed by atoms with E-state index in [9.17, 15) is 30.4 Å². The van der Waals surface area contributed by atoms with Crippen molar-refractivity contribution in [2.75, 3.05) is 6.61 Å². The number of rotatable bonds is 8. The fraction of sp³-hybridized carbons (Fsp3) is 0.471. The lowest BCUT2D eigenvalue weighted by atomic mass is 9.90. The molecule has 2 rings (SSSR count). The molecule has 0 radical (unpaired) electrons. The number of ether oxygens (including phenoxy) is 1. The molecule has 1 aromatic carbocycles. The SMILES string of the molecule is C=Cc1ccc(S(=O)(=O)NS(=O)(=O)C(F)(F)C(=O)OCC2CCCCC2)cc1.